The molecule has 1 aromatic rings. The number of para-hydroxylation sites is 1. The monoisotopic (exact) mass is 259 g/mol. The molecule has 19 heavy (non-hydrogen) atoms. The highest BCUT2D eigenvalue weighted by Gasteiger charge is 2.36. The van der Waals surface area contributed by atoms with Gasteiger partial charge in [0, 0.05) is 0 Å². The molecule has 0 aromatic heterocycles. The number of rotatable bonds is 5. The molecule has 1 heterocycles. The van der Waals surface area contributed by atoms with Crippen LogP contribution in [0.25, 0.3) is 0 Å². The van der Waals surface area contributed by atoms with Crippen LogP contribution < -0.4 is 10.7 Å². The van der Waals surface area contributed by atoms with Gasteiger partial charge in [-0.25, -0.2) is 5.01 Å². The Morgan fingerprint density at radius 3 is 2.58 bits per heavy atom. The topological polar surface area (TPSA) is 58.7 Å². The summed E-state index contributed by atoms with van der Waals surface area (Å²) in [5.74, 6) is 0.243. The van der Waals surface area contributed by atoms with Gasteiger partial charge in [-0.1, -0.05) is 32.0 Å². The largest absolute Gasteiger partial charge is 0.330 e. The van der Waals surface area contributed by atoms with E-state index in [4.69, 9.17) is 5.73 Å². The van der Waals surface area contributed by atoms with Crippen molar-refractivity contribution in [1.82, 2.24) is 0 Å². The van der Waals surface area contributed by atoms with E-state index in [1.165, 1.54) is 5.01 Å². The van der Waals surface area contributed by atoms with Crippen LogP contribution in [-0.2, 0) is 4.79 Å². The summed E-state index contributed by atoms with van der Waals surface area (Å²) in [6, 6.07) is 9.58. The fourth-order valence-corrected chi connectivity index (χ4v) is 2.37. The van der Waals surface area contributed by atoms with Crippen LogP contribution in [0.4, 0.5) is 5.69 Å². The number of nitrogens with zero attached hydrogens (tertiary/aromatic N) is 2. The van der Waals surface area contributed by atoms with Gasteiger partial charge in [-0.15, -0.1) is 0 Å². The molecule has 4 heteroatoms. The Bertz CT molecular complexity index is 468. The highest BCUT2D eigenvalue weighted by Crippen LogP contribution is 2.28. The third-order valence-electron chi connectivity index (χ3n) is 3.37. The smallest absolute Gasteiger partial charge is 0.256 e. The summed E-state index contributed by atoms with van der Waals surface area (Å²) in [7, 11) is 0. The summed E-state index contributed by atoms with van der Waals surface area (Å²) in [6.07, 6.45) is 1.64. The summed E-state index contributed by atoms with van der Waals surface area (Å²) in [5.41, 5.74) is 7.36. The van der Waals surface area contributed by atoms with E-state index in [1.807, 2.05) is 30.3 Å². The van der Waals surface area contributed by atoms with Crippen LogP contribution in [0.1, 0.15) is 26.7 Å². The molecule has 1 aliphatic heterocycles. The highest BCUT2D eigenvalue weighted by atomic mass is 16.2. The van der Waals surface area contributed by atoms with Crippen molar-refractivity contribution < 1.29 is 4.79 Å². The maximum Gasteiger partial charge on any atom is 0.256 e. The molecule has 0 aliphatic carbocycles. The van der Waals surface area contributed by atoms with Gasteiger partial charge in [0.25, 0.3) is 5.91 Å². The Morgan fingerprint density at radius 1 is 1.32 bits per heavy atom. The fraction of sp³-hybridized carbons (Fsp3) is 0.467. The first-order valence-electron chi connectivity index (χ1n) is 6.82. The quantitative estimate of drug-likeness (QED) is 0.882. The van der Waals surface area contributed by atoms with Crippen molar-refractivity contribution in [1.29, 1.82) is 0 Å². The van der Waals surface area contributed by atoms with Gasteiger partial charge in [-0.2, -0.15) is 5.10 Å². The number of hydrogen-bond donors (Lipinski definition) is 1. The molecule has 0 saturated carbocycles. The zero-order valence-corrected chi connectivity index (χ0v) is 11.5. The lowest BCUT2D eigenvalue weighted by Crippen LogP contribution is -2.29. The second-order valence-electron chi connectivity index (χ2n) is 5.15. The summed E-state index contributed by atoms with van der Waals surface area (Å²) in [5, 5.41) is 6.07. The minimum atomic E-state index is -0.108. The molecule has 0 radical (unpaired) electrons. The van der Waals surface area contributed by atoms with Gasteiger partial charge in [-0.3, -0.25) is 4.79 Å². The van der Waals surface area contributed by atoms with E-state index in [1.54, 1.807) is 0 Å². The summed E-state index contributed by atoms with van der Waals surface area (Å²) >= 11 is 0. The SMILES string of the molecule is CC(C)C1=NN(c2ccccc2)C(=O)C1CCCN. The average molecular weight is 259 g/mol. The molecular formula is C15H21N3O. The molecule has 0 saturated heterocycles. The van der Waals surface area contributed by atoms with E-state index in [2.05, 4.69) is 18.9 Å². The van der Waals surface area contributed by atoms with Crippen LogP contribution in [0, 0.1) is 11.8 Å². The van der Waals surface area contributed by atoms with Crippen molar-refractivity contribution >= 4 is 17.3 Å². The molecule has 0 spiro atoms. The number of amides is 1. The van der Waals surface area contributed by atoms with Crippen molar-refractivity contribution in [3.63, 3.8) is 0 Å². The third kappa shape index (κ3) is 2.84. The molecule has 2 N–H and O–H groups in total. The fourth-order valence-electron chi connectivity index (χ4n) is 2.37. The normalized spacial score (nSPS) is 19.2. The van der Waals surface area contributed by atoms with Crippen molar-refractivity contribution in [3.8, 4) is 0 Å². The molecule has 1 aromatic carbocycles. The van der Waals surface area contributed by atoms with Crippen LogP contribution >= 0.6 is 0 Å². The molecule has 2 rings (SSSR count). The lowest BCUT2D eigenvalue weighted by molar-refractivity contribution is -0.119. The van der Waals surface area contributed by atoms with Gasteiger partial charge in [0.2, 0.25) is 0 Å². The van der Waals surface area contributed by atoms with Crippen LogP contribution in [0.15, 0.2) is 35.4 Å². The second-order valence-corrected chi connectivity index (χ2v) is 5.15. The van der Waals surface area contributed by atoms with Crippen molar-refractivity contribution in [2.45, 2.75) is 26.7 Å². The highest BCUT2D eigenvalue weighted by molar-refractivity contribution is 6.16. The van der Waals surface area contributed by atoms with Crippen LogP contribution in [0.3, 0.4) is 0 Å². The van der Waals surface area contributed by atoms with Gasteiger partial charge in [0.05, 0.1) is 17.3 Å². The molecular weight excluding hydrogens is 238 g/mol. The van der Waals surface area contributed by atoms with Gasteiger partial charge in [0.1, 0.15) is 0 Å². The first-order valence-corrected chi connectivity index (χ1v) is 6.82. The predicted octanol–water partition coefficient (Wildman–Crippen LogP) is 2.40. The van der Waals surface area contributed by atoms with Crippen molar-refractivity contribution in [3.05, 3.63) is 30.3 Å². The Hall–Kier alpha value is -1.68. The van der Waals surface area contributed by atoms with E-state index < -0.39 is 0 Å². The summed E-state index contributed by atoms with van der Waals surface area (Å²) in [4.78, 5) is 12.5. The van der Waals surface area contributed by atoms with Gasteiger partial charge in [0.15, 0.2) is 0 Å². The Kier molecular flexibility index (Phi) is 4.32. The maximum atomic E-state index is 12.5. The maximum absolute atomic E-state index is 12.5. The van der Waals surface area contributed by atoms with Crippen molar-refractivity contribution in [2.24, 2.45) is 22.7 Å². The predicted molar refractivity (Wildman–Crippen MR) is 78.0 cm³/mol. The van der Waals surface area contributed by atoms with E-state index in [-0.39, 0.29) is 17.7 Å². The van der Waals surface area contributed by atoms with Crippen molar-refractivity contribution in [2.75, 3.05) is 11.6 Å². The molecule has 1 amide bonds. The van der Waals surface area contributed by atoms with E-state index in [0.717, 1.165) is 24.2 Å². The standard InChI is InChI=1S/C15H21N3O/c1-11(2)14-13(9-6-10-16)15(19)18(17-14)12-7-4-3-5-8-12/h3-5,7-8,11,13H,6,9-10,16H2,1-2H3. The summed E-state index contributed by atoms with van der Waals surface area (Å²) in [6.45, 7) is 4.77. The average Bonchev–Trinajstić information content (AvgIpc) is 2.75. The van der Waals surface area contributed by atoms with E-state index in [0.29, 0.717) is 6.54 Å². The molecule has 4 nitrogen and oxygen atoms in total. The lowest BCUT2D eigenvalue weighted by atomic mass is 9.90. The van der Waals surface area contributed by atoms with Crippen LogP contribution in [0.2, 0.25) is 0 Å². The number of hydrazone groups is 1. The molecule has 102 valence electrons. The molecule has 1 atom stereocenters. The second kappa shape index (κ2) is 5.97. The first kappa shape index (κ1) is 13.7. The number of carbonyl (C=O) groups is 1. The third-order valence-corrected chi connectivity index (χ3v) is 3.37. The van der Waals surface area contributed by atoms with E-state index >= 15 is 0 Å². The minimum Gasteiger partial charge on any atom is -0.330 e. The van der Waals surface area contributed by atoms with Gasteiger partial charge < -0.3 is 5.73 Å². The Balaban J connectivity index is 2.26. The molecule has 1 unspecified atom stereocenters. The number of hydrogen-bond acceptors (Lipinski definition) is 3. The molecule has 0 bridgehead atoms. The molecule has 1 aliphatic rings. The van der Waals surface area contributed by atoms with Gasteiger partial charge >= 0.3 is 0 Å². The van der Waals surface area contributed by atoms with Crippen LogP contribution in [-0.4, -0.2) is 18.2 Å². The number of anilines is 1. The zero-order valence-electron chi connectivity index (χ0n) is 11.5. The Labute approximate surface area is 114 Å². The zero-order chi connectivity index (χ0) is 13.8. The first-order chi connectivity index (χ1) is 9.15. The number of carbonyl (C=O) groups excluding carboxylic acids is 1. The van der Waals surface area contributed by atoms with Gasteiger partial charge in [-0.05, 0) is 37.4 Å². The van der Waals surface area contributed by atoms with Crippen LogP contribution in [0.5, 0.6) is 0 Å². The summed E-state index contributed by atoms with van der Waals surface area (Å²) < 4.78 is 0. The van der Waals surface area contributed by atoms with E-state index in [9.17, 15) is 4.79 Å². The minimum absolute atomic E-state index is 0.0725. The number of nitrogens with two attached hydrogens (primary N) is 1. The lowest BCUT2D eigenvalue weighted by Gasteiger charge is -2.14. The number of benzene rings is 1. The Morgan fingerprint density at radius 2 is 2.00 bits per heavy atom. The molecule has 0 fully saturated rings.